The molecular weight excluding hydrogens is 241 g/mol. The van der Waals surface area contributed by atoms with E-state index in [9.17, 15) is 9.18 Å². The Morgan fingerprint density at radius 2 is 2.26 bits per heavy atom. The summed E-state index contributed by atoms with van der Waals surface area (Å²) in [7, 11) is 0. The van der Waals surface area contributed by atoms with Crippen LogP contribution in [0.2, 0.25) is 0 Å². The molecule has 19 heavy (non-hydrogen) atoms. The van der Waals surface area contributed by atoms with Crippen molar-refractivity contribution in [2.24, 2.45) is 5.92 Å². The first kappa shape index (κ1) is 13.8. The van der Waals surface area contributed by atoms with Gasteiger partial charge in [-0.1, -0.05) is 19.6 Å². The lowest BCUT2D eigenvalue weighted by molar-refractivity contribution is 0.0682. The molecule has 0 spiro atoms. The molecule has 2 nitrogen and oxygen atoms in total. The standard InChI is InChI=1S/C16H20FNO/c1-4-13-8-12(3)14(9-15(13)17)16(19)18-7-5-6-11(2)10-18/h4,8-9,11H,1,5-7,10H2,2-3H3. The Bertz CT molecular complexity index is 510. The minimum Gasteiger partial charge on any atom is -0.338 e. The lowest BCUT2D eigenvalue weighted by atomic mass is 9.98. The summed E-state index contributed by atoms with van der Waals surface area (Å²) in [6, 6.07) is 3.02. The van der Waals surface area contributed by atoms with Crippen molar-refractivity contribution < 1.29 is 9.18 Å². The molecule has 1 fully saturated rings. The van der Waals surface area contributed by atoms with E-state index in [1.165, 1.54) is 12.1 Å². The number of carbonyl (C=O) groups is 1. The molecule has 0 bridgehead atoms. The second-order valence-corrected chi connectivity index (χ2v) is 5.39. The zero-order chi connectivity index (χ0) is 14.0. The van der Waals surface area contributed by atoms with Gasteiger partial charge in [-0.25, -0.2) is 4.39 Å². The summed E-state index contributed by atoms with van der Waals surface area (Å²) in [5.74, 6) is 0.0860. The molecule has 0 N–H and O–H groups in total. The number of nitrogens with zero attached hydrogens (tertiary/aromatic N) is 1. The number of halogens is 1. The minimum atomic E-state index is -0.381. The van der Waals surface area contributed by atoms with E-state index in [1.807, 2.05) is 11.8 Å². The van der Waals surface area contributed by atoms with Crippen molar-refractivity contribution >= 4 is 12.0 Å². The van der Waals surface area contributed by atoms with Crippen molar-refractivity contribution in [1.82, 2.24) is 4.90 Å². The highest BCUT2D eigenvalue weighted by molar-refractivity contribution is 5.96. The number of benzene rings is 1. The fourth-order valence-corrected chi connectivity index (χ4v) is 2.63. The summed E-state index contributed by atoms with van der Waals surface area (Å²) >= 11 is 0. The van der Waals surface area contributed by atoms with E-state index >= 15 is 0 Å². The van der Waals surface area contributed by atoms with E-state index in [2.05, 4.69) is 13.5 Å². The van der Waals surface area contributed by atoms with Gasteiger partial charge in [0.15, 0.2) is 0 Å². The molecule has 102 valence electrons. The van der Waals surface area contributed by atoms with Gasteiger partial charge in [0, 0.05) is 24.2 Å². The average molecular weight is 261 g/mol. The Kier molecular flexibility index (Phi) is 4.03. The van der Waals surface area contributed by atoms with Crippen molar-refractivity contribution in [2.45, 2.75) is 26.7 Å². The monoisotopic (exact) mass is 261 g/mol. The molecule has 1 heterocycles. The Morgan fingerprint density at radius 3 is 2.89 bits per heavy atom. The van der Waals surface area contributed by atoms with Gasteiger partial charge in [-0.3, -0.25) is 4.79 Å². The van der Waals surface area contributed by atoms with Gasteiger partial charge in [0.1, 0.15) is 5.82 Å². The van der Waals surface area contributed by atoms with Gasteiger partial charge in [0.05, 0.1) is 0 Å². The number of amides is 1. The van der Waals surface area contributed by atoms with E-state index in [0.29, 0.717) is 17.0 Å². The normalized spacial score (nSPS) is 19.3. The molecule has 1 aromatic carbocycles. The third-order valence-electron chi connectivity index (χ3n) is 3.74. The van der Waals surface area contributed by atoms with Crippen LogP contribution >= 0.6 is 0 Å². The molecule has 1 atom stereocenters. The van der Waals surface area contributed by atoms with Crippen molar-refractivity contribution in [2.75, 3.05) is 13.1 Å². The van der Waals surface area contributed by atoms with Gasteiger partial charge < -0.3 is 4.90 Å². The zero-order valence-electron chi connectivity index (χ0n) is 11.6. The van der Waals surface area contributed by atoms with Gasteiger partial charge in [0.2, 0.25) is 0 Å². The van der Waals surface area contributed by atoms with E-state index in [4.69, 9.17) is 0 Å². The highest BCUT2D eigenvalue weighted by Crippen LogP contribution is 2.22. The van der Waals surface area contributed by atoms with Crippen molar-refractivity contribution in [3.8, 4) is 0 Å². The van der Waals surface area contributed by atoms with Crippen LogP contribution in [0.25, 0.3) is 6.08 Å². The molecule has 0 aliphatic carbocycles. The molecule has 0 radical (unpaired) electrons. The van der Waals surface area contributed by atoms with Crippen LogP contribution in [0.15, 0.2) is 18.7 Å². The van der Waals surface area contributed by atoms with Crippen LogP contribution in [0.1, 0.15) is 41.3 Å². The van der Waals surface area contributed by atoms with Crippen LogP contribution in [-0.4, -0.2) is 23.9 Å². The number of rotatable bonds is 2. The second-order valence-electron chi connectivity index (χ2n) is 5.39. The summed E-state index contributed by atoms with van der Waals surface area (Å²) in [6.07, 6.45) is 3.66. The molecule has 0 saturated carbocycles. The van der Waals surface area contributed by atoms with Gasteiger partial charge in [0.25, 0.3) is 5.91 Å². The summed E-state index contributed by atoms with van der Waals surface area (Å²) in [4.78, 5) is 14.3. The summed E-state index contributed by atoms with van der Waals surface area (Å²) < 4.78 is 13.8. The number of likely N-dealkylation sites (tertiary alicyclic amines) is 1. The molecule has 3 heteroatoms. The summed E-state index contributed by atoms with van der Waals surface area (Å²) in [5, 5.41) is 0. The average Bonchev–Trinajstić information content (AvgIpc) is 2.40. The maximum atomic E-state index is 13.8. The Morgan fingerprint density at radius 1 is 1.53 bits per heavy atom. The molecular formula is C16H20FNO. The van der Waals surface area contributed by atoms with E-state index in [-0.39, 0.29) is 11.7 Å². The first-order valence-corrected chi connectivity index (χ1v) is 6.74. The molecule has 1 unspecified atom stereocenters. The highest BCUT2D eigenvalue weighted by atomic mass is 19.1. The molecule has 1 aliphatic heterocycles. The molecule has 0 aromatic heterocycles. The largest absolute Gasteiger partial charge is 0.338 e. The van der Waals surface area contributed by atoms with E-state index in [0.717, 1.165) is 31.5 Å². The third-order valence-corrected chi connectivity index (χ3v) is 3.74. The summed E-state index contributed by atoms with van der Waals surface area (Å²) in [6.45, 7) is 9.10. The van der Waals surface area contributed by atoms with Crippen LogP contribution < -0.4 is 0 Å². The number of hydrogen-bond acceptors (Lipinski definition) is 1. The second kappa shape index (κ2) is 5.55. The number of carbonyl (C=O) groups excluding carboxylic acids is 1. The predicted molar refractivity (Wildman–Crippen MR) is 75.5 cm³/mol. The van der Waals surface area contributed by atoms with Crippen LogP contribution in [0.4, 0.5) is 4.39 Å². The zero-order valence-corrected chi connectivity index (χ0v) is 11.6. The fourth-order valence-electron chi connectivity index (χ4n) is 2.63. The topological polar surface area (TPSA) is 20.3 Å². The SMILES string of the molecule is C=Cc1cc(C)c(C(=O)N2CCCC(C)C2)cc1F. The van der Waals surface area contributed by atoms with Crippen LogP contribution in [0.5, 0.6) is 0 Å². The highest BCUT2D eigenvalue weighted by Gasteiger charge is 2.23. The van der Waals surface area contributed by atoms with Crippen molar-refractivity contribution in [3.05, 3.63) is 41.2 Å². The van der Waals surface area contributed by atoms with Gasteiger partial charge in [-0.2, -0.15) is 0 Å². The first-order valence-electron chi connectivity index (χ1n) is 6.74. The van der Waals surface area contributed by atoms with E-state index < -0.39 is 0 Å². The van der Waals surface area contributed by atoms with Gasteiger partial charge in [-0.05, 0) is 43.4 Å². The van der Waals surface area contributed by atoms with Crippen LogP contribution in [-0.2, 0) is 0 Å². The quantitative estimate of drug-likeness (QED) is 0.795. The summed E-state index contributed by atoms with van der Waals surface area (Å²) in [5.41, 5.74) is 1.72. The number of aryl methyl sites for hydroxylation is 1. The van der Waals surface area contributed by atoms with E-state index in [1.54, 1.807) is 6.07 Å². The maximum Gasteiger partial charge on any atom is 0.254 e. The predicted octanol–water partition coefficient (Wildman–Crippen LogP) is 3.65. The van der Waals surface area contributed by atoms with Crippen molar-refractivity contribution in [3.63, 3.8) is 0 Å². The molecule has 1 amide bonds. The molecule has 2 rings (SSSR count). The smallest absolute Gasteiger partial charge is 0.254 e. The fraction of sp³-hybridized carbons (Fsp3) is 0.438. The molecule has 1 aliphatic rings. The van der Waals surface area contributed by atoms with Crippen molar-refractivity contribution in [1.29, 1.82) is 0 Å². The van der Waals surface area contributed by atoms with Gasteiger partial charge in [-0.15, -0.1) is 0 Å². The van der Waals surface area contributed by atoms with Gasteiger partial charge >= 0.3 is 0 Å². The first-order chi connectivity index (χ1) is 9.02. The Balaban J connectivity index is 2.28. The number of hydrogen-bond donors (Lipinski definition) is 0. The Labute approximate surface area is 113 Å². The Hall–Kier alpha value is -1.64. The molecule has 1 aromatic rings. The lowest BCUT2D eigenvalue weighted by Crippen LogP contribution is -2.39. The van der Waals surface area contributed by atoms with Crippen LogP contribution in [0.3, 0.4) is 0 Å². The minimum absolute atomic E-state index is 0.0569. The number of piperidine rings is 1. The maximum absolute atomic E-state index is 13.8. The van der Waals surface area contributed by atoms with Crippen LogP contribution in [0, 0.1) is 18.7 Å². The lowest BCUT2D eigenvalue weighted by Gasteiger charge is -2.31. The third kappa shape index (κ3) is 2.86. The molecule has 1 saturated heterocycles.